The zero-order chi connectivity index (χ0) is 12.3. The van der Waals surface area contributed by atoms with E-state index in [4.69, 9.17) is 5.73 Å². The van der Waals surface area contributed by atoms with E-state index in [9.17, 15) is 4.79 Å². The highest BCUT2D eigenvalue weighted by atomic mass is 16.1. The highest BCUT2D eigenvalue weighted by Gasteiger charge is 2.10. The molecule has 0 fully saturated rings. The molecular weight excluding hydrogens is 200 g/mol. The van der Waals surface area contributed by atoms with Gasteiger partial charge in [0.15, 0.2) is 0 Å². The summed E-state index contributed by atoms with van der Waals surface area (Å²) < 4.78 is 0. The number of hydrogen-bond donors (Lipinski definition) is 2. The first-order chi connectivity index (χ1) is 7.29. The lowest BCUT2D eigenvalue weighted by Gasteiger charge is -2.20. The molecule has 0 aliphatic rings. The molecular formula is C13H20N2O. The number of benzene rings is 1. The van der Waals surface area contributed by atoms with Crippen LogP contribution in [-0.4, -0.2) is 12.5 Å². The van der Waals surface area contributed by atoms with Gasteiger partial charge in [0.1, 0.15) is 0 Å². The standard InChI is InChI=1S/C13H20N2O/c1-9-5-6-10(7-11(9)12(14)16)15-8-13(2,3)4/h5-7,15H,8H2,1-4H3,(H2,14,16). The number of amides is 1. The third-order valence-electron chi connectivity index (χ3n) is 2.33. The number of anilines is 1. The fourth-order valence-electron chi connectivity index (χ4n) is 1.36. The molecule has 88 valence electrons. The van der Waals surface area contributed by atoms with E-state index < -0.39 is 0 Å². The molecule has 0 heterocycles. The van der Waals surface area contributed by atoms with Gasteiger partial charge in [-0.25, -0.2) is 0 Å². The molecule has 0 saturated heterocycles. The van der Waals surface area contributed by atoms with Crippen LogP contribution in [0.4, 0.5) is 5.69 Å². The fourth-order valence-corrected chi connectivity index (χ4v) is 1.36. The molecule has 0 aliphatic heterocycles. The Bertz CT molecular complexity index is 391. The van der Waals surface area contributed by atoms with Crippen LogP contribution in [0.3, 0.4) is 0 Å². The average Bonchev–Trinajstić information content (AvgIpc) is 2.14. The molecule has 0 radical (unpaired) electrons. The van der Waals surface area contributed by atoms with Crippen molar-refractivity contribution in [3.63, 3.8) is 0 Å². The predicted molar refractivity (Wildman–Crippen MR) is 67.6 cm³/mol. The van der Waals surface area contributed by atoms with E-state index in [1.165, 1.54) is 0 Å². The first-order valence-corrected chi connectivity index (χ1v) is 5.44. The summed E-state index contributed by atoms with van der Waals surface area (Å²) in [6.45, 7) is 9.21. The zero-order valence-electron chi connectivity index (χ0n) is 10.4. The lowest BCUT2D eigenvalue weighted by atomic mass is 9.96. The van der Waals surface area contributed by atoms with Crippen LogP contribution in [-0.2, 0) is 0 Å². The Balaban J connectivity index is 2.83. The SMILES string of the molecule is Cc1ccc(NCC(C)(C)C)cc1C(N)=O. The van der Waals surface area contributed by atoms with E-state index in [1.807, 2.05) is 25.1 Å². The number of carbonyl (C=O) groups excluding carboxylic acids is 1. The van der Waals surface area contributed by atoms with Crippen LogP contribution < -0.4 is 11.1 Å². The Morgan fingerprint density at radius 2 is 2.00 bits per heavy atom. The number of carbonyl (C=O) groups is 1. The molecule has 0 bridgehead atoms. The Morgan fingerprint density at radius 3 is 2.50 bits per heavy atom. The summed E-state index contributed by atoms with van der Waals surface area (Å²) in [6.07, 6.45) is 0. The molecule has 1 aromatic carbocycles. The van der Waals surface area contributed by atoms with Gasteiger partial charge in [0.05, 0.1) is 0 Å². The summed E-state index contributed by atoms with van der Waals surface area (Å²) in [7, 11) is 0. The van der Waals surface area contributed by atoms with Crippen molar-refractivity contribution in [1.82, 2.24) is 0 Å². The topological polar surface area (TPSA) is 55.1 Å². The Kier molecular flexibility index (Phi) is 3.58. The van der Waals surface area contributed by atoms with Gasteiger partial charge in [-0.2, -0.15) is 0 Å². The summed E-state index contributed by atoms with van der Waals surface area (Å²) >= 11 is 0. The monoisotopic (exact) mass is 220 g/mol. The maximum absolute atomic E-state index is 11.2. The van der Waals surface area contributed by atoms with Crippen LogP contribution in [0.25, 0.3) is 0 Å². The first kappa shape index (κ1) is 12.6. The van der Waals surface area contributed by atoms with Crippen molar-refractivity contribution in [2.45, 2.75) is 27.7 Å². The number of aryl methyl sites for hydroxylation is 1. The fraction of sp³-hybridized carbons (Fsp3) is 0.462. The highest BCUT2D eigenvalue weighted by molar-refractivity contribution is 5.95. The van der Waals surface area contributed by atoms with Crippen LogP contribution in [0, 0.1) is 12.3 Å². The number of rotatable bonds is 3. The van der Waals surface area contributed by atoms with Gasteiger partial charge in [-0.15, -0.1) is 0 Å². The van der Waals surface area contributed by atoms with Gasteiger partial charge in [0.25, 0.3) is 0 Å². The largest absolute Gasteiger partial charge is 0.385 e. The van der Waals surface area contributed by atoms with E-state index in [-0.39, 0.29) is 11.3 Å². The van der Waals surface area contributed by atoms with Gasteiger partial charge < -0.3 is 11.1 Å². The second-order valence-corrected chi connectivity index (χ2v) is 5.31. The predicted octanol–water partition coefficient (Wildman–Crippen LogP) is 2.55. The van der Waals surface area contributed by atoms with Crippen molar-refractivity contribution < 1.29 is 4.79 Å². The van der Waals surface area contributed by atoms with Gasteiger partial charge in [-0.3, -0.25) is 4.79 Å². The zero-order valence-corrected chi connectivity index (χ0v) is 10.4. The first-order valence-electron chi connectivity index (χ1n) is 5.44. The summed E-state index contributed by atoms with van der Waals surface area (Å²) in [6, 6.07) is 5.68. The van der Waals surface area contributed by atoms with Crippen molar-refractivity contribution in [2.24, 2.45) is 11.1 Å². The Morgan fingerprint density at radius 1 is 1.38 bits per heavy atom. The van der Waals surface area contributed by atoms with Crippen LogP contribution in [0.15, 0.2) is 18.2 Å². The van der Waals surface area contributed by atoms with E-state index in [2.05, 4.69) is 26.1 Å². The van der Waals surface area contributed by atoms with Gasteiger partial charge in [0, 0.05) is 17.8 Å². The number of nitrogens with two attached hydrogens (primary N) is 1. The van der Waals surface area contributed by atoms with Crippen LogP contribution in [0.1, 0.15) is 36.7 Å². The molecule has 1 amide bonds. The molecule has 0 spiro atoms. The van der Waals surface area contributed by atoms with E-state index in [1.54, 1.807) is 0 Å². The maximum atomic E-state index is 11.2. The summed E-state index contributed by atoms with van der Waals surface area (Å²) in [5.74, 6) is -0.378. The molecule has 3 N–H and O–H groups in total. The normalized spacial score (nSPS) is 11.2. The van der Waals surface area contributed by atoms with Crippen LogP contribution in [0.2, 0.25) is 0 Å². The minimum Gasteiger partial charge on any atom is -0.385 e. The van der Waals surface area contributed by atoms with Gasteiger partial charge in [-0.05, 0) is 30.0 Å². The lowest BCUT2D eigenvalue weighted by Crippen LogP contribution is -2.19. The minimum atomic E-state index is -0.378. The molecule has 0 aromatic heterocycles. The van der Waals surface area contributed by atoms with Crippen molar-refractivity contribution in [3.8, 4) is 0 Å². The van der Waals surface area contributed by atoms with E-state index >= 15 is 0 Å². The van der Waals surface area contributed by atoms with Crippen molar-refractivity contribution in [2.75, 3.05) is 11.9 Å². The summed E-state index contributed by atoms with van der Waals surface area (Å²) in [5.41, 5.74) is 7.94. The summed E-state index contributed by atoms with van der Waals surface area (Å²) in [4.78, 5) is 11.2. The number of primary amides is 1. The maximum Gasteiger partial charge on any atom is 0.249 e. The highest BCUT2D eigenvalue weighted by Crippen LogP contribution is 2.18. The van der Waals surface area contributed by atoms with Gasteiger partial charge in [-0.1, -0.05) is 26.8 Å². The molecule has 0 saturated carbocycles. The van der Waals surface area contributed by atoms with Crippen molar-refractivity contribution >= 4 is 11.6 Å². The molecule has 0 atom stereocenters. The van der Waals surface area contributed by atoms with Crippen molar-refractivity contribution in [3.05, 3.63) is 29.3 Å². The van der Waals surface area contributed by atoms with Gasteiger partial charge >= 0.3 is 0 Å². The lowest BCUT2D eigenvalue weighted by molar-refractivity contribution is 0.1000. The molecule has 0 unspecified atom stereocenters. The average molecular weight is 220 g/mol. The second-order valence-electron chi connectivity index (χ2n) is 5.31. The Labute approximate surface area is 97.0 Å². The molecule has 16 heavy (non-hydrogen) atoms. The molecule has 1 aromatic rings. The second kappa shape index (κ2) is 4.56. The van der Waals surface area contributed by atoms with Crippen molar-refractivity contribution in [1.29, 1.82) is 0 Å². The van der Waals surface area contributed by atoms with E-state index in [0.717, 1.165) is 17.8 Å². The number of nitrogens with one attached hydrogen (secondary N) is 1. The number of hydrogen-bond acceptors (Lipinski definition) is 2. The third kappa shape index (κ3) is 3.57. The molecule has 0 aliphatic carbocycles. The van der Waals surface area contributed by atoms with E-state index in [0.29, 0.717) is 5.56 Å². The summed E-state index contributed by atoms with van der Waals surface area (Å²) in [5, 5.41) is 3.30. The quantitative estimate of drug-likeness (QED) is 0.822. The minimum absolute atomic E-state index is 0.206. The molecule has 3 nitrogen and oxygen atoms in total. The third-order valence-corrected chi connectivity index (χ3v) is 2.33. The Hall–Kier alpha value is -1.51. The smallest absolute Gasteiger partial charge is 0.249 e. The molecule has 3 heteroatoms. The van der Waals surface area contributed by atoms with Gasteiger partial charge in [0.2, 0.25) is 5.91 Å². The van der Waals surface area contributed by atoms with Crippen LogP contribution >= 0.6 is 0 Å². The van der Waals surface area contributed by atoms with Crippen LogP contribution in [0.5, 0.6) is 0 Å². The molecule has 1 rings (SSSR count).